The fourth-order valence-electron chi connectivity index (χ4n) is 2.63. The predicted molar refractivity (Wildman–Crippen MR) is 71.9 cm³/mol. The highest BCUT2D eigenvalue weighted by molar-refractivity contribution is 5.69. The molecule has 0 nitrogen and oxygen atoms in total. The van der Waals surface area contributed by atoms with E-state index in [1.165, 1.54) is 6.07 Å². The molecule has 3 heteroatoms. The van der Waals surface area contributed by atoms with Gasteiger partial charge >= 0.3 is 6.18 Å². The fourth-order valence-corrected chi connectivity index (χ4v) is 2.63. The number of hydrogen-bond acceptors (Lipinski definition) is 0. The van der Waals surface area contributed by atoms with Crippen LogP contribution in [0.2, 0.25) is 0 Å². The van der Waals surface area contributed by atoms with E-state index in [9.17, 15) is 13.2 Å². The molecule has 0 saturated heterocycles. The summed E-state index contributed by atoms with van der Waals surface area (Å²) in [7, 11) is 0. The van der Waals surface area contributed by atoms with Gasteiger partial charge in [-0.05, 0) is 54.9 Å². The Balaban J connectivity index is 2.44. The lowest BCUT2D eigenvalue weighted by molar-refractivity contribution is -0.137. The fraction of sp³-hybridized carbons (Fsp3) is 0.500. The quantitative estimate of drug-likeness (QED) is 0.668. The second-order valence-electron chi connectivity index (χ2n) is 5.10. The van der Waals surface area contributed by atoms with Gasteiger partial charge in [-0.1, -0.05) is 31.6 Å². The zero-order valence-corrected chi connectivity index (χ0v) is 11.2. The molecule has 1 aromatic rings. The highest BCUT2D eigenvalue weighted by atomic mass is 19.4. The Morgan fingerprint density at radius 2 is 1.95 bits per heavy atom. The molecule has 1 aromatic carbocycles. The summed E-state index contributed by atoms with van der Waals surface area (Å²) in [5.41, 5.74) is 1.55. The summed E-state index contributed by atoms with van der Waals surface area (Å²) in [6, 6.07) is 4.82. The van der Waals surface area contributed by atoms with Gasteiger partial charge < -0.3 is 0 Å². The molecule has 0 aromatic heterocycles. The lowest BCUT2D eigenvalue weighted by Crippen LogP contribution is -2.10. The van der Waals surface area contributed by atoms with Crippen molar-refractivity contribution in [3.8, 4) is 0 Å². The van der Waals surface area contributed by atoms with Crippen molar-refractivity contribution in [2.24, 2.45) is 0 Å². The molecule has 104 valence electrons. The minimum absolute atomic E-state index is 0.382. The van der Waals surface area contributed by atoms with Crippen LogP contribution in [0.3, 0.4) is 0 Å². The number of benzene rings is 1. The van der Waals surface area contributed by atoms with E-state index in [-0.39, 0.29) is 0 Å². The number of rotatable bonds is 3. The lowest BCUT2D eigenvalue weighted by Gasteiger charge is -2.19. The van der Waals surface area contributed by atoms with Gasteiger partial charge in [-0.3, -0.25) is 0 Å². The number of allylic oxidation sites excluding steroid dienone is 2. The number of hydrogen-bond donors (Lipinski definition) is 0. The SMILES string of the molecule is CCCc1ccc(C2=CCCCC2)c(C(F)(F)F)c1. The summed E-state index contributed by atoms with van der Waals surface area (Å²) in [5, 5.41) is 0. The van der Waals surface area contributed by atoms with Gasteiger partial charge in [0.15, 0.2) is 0 Å². The first-order valence-electron chi connectivity index (χ1n) is 6.92. The van der Waals surface area contributed by atoms with Crippen LogP contribution < -0.4 is 0 Å². The van der Waals surface area contributed by atoms with Crippen LogP contribution in [0.15, 0.2) is 24.3 Å². The second kappa shape index (κ2) is 5.81. The molecule has 0 atom stereocenters. The zero-order valence-electron chi connectivity index (χ0n) is 11.2. The minimum atomic E-state index is -4.27. The van der Waals surface area contributed by atoms with Crippen molar-refractivity contribution in [2.75, 3.05) is 0 Å². The number of halogens is 3. The van der Waals surface area contributed by atoms with Crippen molar-refractivity contribution in [1.29, 1.82) is 0 Å². The Morgan fingerprint density at radius 3 is 2.53 bits per heavy atom. The molecule has 0 aliphatic heterocycles. The highest BCUT2D eigenvalue weighted by Crippen LogP contribution is 2.38. The van der Waals surface area contributed by atoms with E-state index < -0.39 is 11.7 Å². The molecular formula is C16H19F3. The van der Waals surface area contributed by atoms with Gasteiger partial charge in [0.2, 0.25) is 0 Å². The summed E-state index contributed by atoms with van der Waals surface area (Å²) >= 11 is 0. The van der Waals surface area contributed by atoms with Crippen LogP contribution in [0.1, 0.15) is 55.7 Å². The van der Waals surface area contributed by atoms with Gasteiger partial charge in [0, 0.05) is 0 Å². The van der Waals surface area contributed by atoms with Crippen LogP contribution in [-0.2, 0) is 12.6 Å². The summed E-state index contributed by atoms with van der Waals surface area (Å²) in [6.07, 6.45) is 2.98. The van der Waals surface area contributed by atoms with Crippen LogP contribution in [0.25, 0.3) is 5.57 Å². The van der Waals surface area contributed by atoms with Gasteiger partial charge in [-0.2, -0.15) is 13.2 Å². The van der Waals surface area contributed by atoms with Crippen molar-refractivity contribution < 1.29 is 13.2 Å². The van der Waals surface area contributed by atoms with E-state index >= 15 is 0 Å². The van der Waals surface area contributed by atoms with Crippen molar-refractivity contribution >= 4 is 5.57 Å². The molecule has 19 heavy (non-hydrogen) atoms. The lowest BCUT2D eigenvalue weighted by atomic mass is 9.89. The van der Waals surface area contributed by atoms with E-state index in [1.807, 2.05) is 19.1 Å². The Kier molecular flexibility index (Phi) is 4.33. The summed E-state index contributed by atoms with van der Waals surface area (Å²) in [4.78, 5) is 0. The first-order chi connectivity index (χ1) is 9.02. The maximum absolute atomic E-state index is 13.2. The first-order valence-corrected chi connectivity index (χ1v) is 6.92. The molecule has 0 amide bonds. The van der Waals surface area contributed by atoms with Crippen LogP contribution >= 0.6 is 0 Å². The minimum Gasteiger partial charge on any atom is -0.166 e. The third-order valence-electron chi connectivity index (χ3n) is 3.56. The monoisotopic (exact) mass is 268 g/mol. The maximum atomic E-state index is 13.2. The molecule has 0 N–H and O–H groups in total. The normalized spacial score (nSPS) is 16.3. The molecule has 0 bridgehead atoms. The van der Waals surface area contributed by atoms with E-state index in [0.29, 0.717) is 12.0 Å². The van der Waals surface area contributed by atoms with Gasteiger partial charge in [-0.25, -0.2) is 0 Å². The smallest absolute Gasteiger partial charge is 0.166 e. The summed E-state index contributed by atoms with van der Waals surface area (Å²) in [5.74, 6) is 0. The van der Waals surface area contributed by atoms with Crippen molar-refractivity contribution in [3.63, 3.8) is 0 Å². The molecule has 0 fully saturated rings. The van der Waals surface area contributed by atoms with Crippen LogP contribution in [0, 0.1) is 0 Å². The third kappa shape index (κ3) is 3.40. The van der Waals surface area contributed by atoms with E-state index in [0.717, 1.165) is 43.2 Å². The number of aryl methyl sites for hydroxylation is 1. The molecule has 0 radical (unpaired) electrons. The van der Waals surface area contributed by atoms with Crippen LogP contribution in [-0.4, -0.2) is 0 Å². The molecule has 2 rings (SSSR count). The van der Waals surface area contributed by atoms with E-state index in [4.69, 9.17) is 0 Å². The Labute approximate surface area is 112 Å². The largest absolute Gasteiger partial charge is 0.417 e. The molecule has 0 spiro atoms. The van der Waals surface area contributed by atoms with Gasteiger partial charge in [0.1, 0.15) is 0 Å². The average molecular weight is 268 g/mol. The molecule has 0 saturated carbocycles. The molecular weight excluding hydrogens is 249 g/mol. The van der Waals surface area contributed by atoms with Crippen LogP contribution in [0.5, 0.6) is 0 Å². The highest BCUT2D eigenvalue weighted by Gasteiger charge is 2.34. The molecule has 1 aliphatic rings. The van der Waals surface area contributed by atoms with E-state index in [2.05, 4.69) is 0 Å². The molecule has 0 heterocycles. The topological polar surface area (TPSA) is 0 Å². The average Bonchev–Trinajstić information content (AvgIpc) is 2.39. The van der Waals surface area contributed by atoms with Crippen molar-refractivity contribution in [1.82, 2.24) is 0 Å². The van der Waals surface area contributed by atoms with Gasteiger partial charge in [0.05, 0.1) is 5.56 Å². The second-order valence-corrected chi connectivity index (χ2v) is 5.10. The Bertz CT molecular complexity index is 469. The Morgan fingerprint density at radius 1 is 1.16 bits per heavy atom. The summed E-state index contributed by atoms with van der Waals surface area (Å²) < 4.78 is 39.6. The standard InChI is InChI=1S/C16H19F3/c1-2-6-12-9-10-14(13-7-4-3-5-8-13)15(11-12)16(17,18)19/h7,9-11H,2-6,8H2,1H3. The van der Waals surface area contributed by atoms with Crippen LogP contribution in [0.4, 0.5) is 13.2 Å². The van der Waals surface area contributed by atoms with Gasteiger partial charge in [-0.15, -0.1) is 0 Å². The van der Waals surface area contributed by atoms with Crippen molar-refractivity contribution in [3.05, 3.63) is 41.0 Å². The maximum Gasteiger partial charge on any atom is 0.417 e. The third-order valence-corrected chi connectivity index (χ3v) is 3.56. The first kappa shape index (κ1) is 14.2. The predicted octanol–water partition coefficient (Wildman–Crippen LogP) is 5.62. The molecule has 0 unspecified atom stereocenters. The number of alkyl halides is 3. The van der Waals surface area contributed by atoms with Crippen molar-refractivity contribution in [2.45, 2.75) is 51.6 Å². The summed E-state index contributed by atoms with van der Waals surface area (Å²) in [6.45, 7) is 1.98. The van der Waals surface area contributed by atoms with Gasteiger partial charge in [0.25, 0.3) is 0 Å². The zero-order chi connectivity index (χ0) is 13.9. The Hall–Kier alpha value is -1.25. The molecule has 1 aliphatic carbocycles. The van der Waals surface area contributed by atoms with E-state index in [1.54, 1.807) is 6.07 Å².